The minimum atomic E-state index is -0.267. The molecule has 0 saturated heterocycles. The molecule has 0 bridgehead atoms. The molecule has 1 heterocycles. The summed E-state index contributed by atoms with van der Waals surface area (Å²) in [4.78, 5) is 23.4. The van der Waals surface area contributed by atoms with E-state index in [4.69, 9.17) is 0 Å². The summed E-state index contributed by atoms with van der Waals surface area (Å²) in [7, 11) is 0. The number of anilines is 2. The summed E-state index contributed by atoms with van der Waals surface area (Å²) >= 11 is 0. The molecule has 0 saturated carbocycles. The molecular weight excluding hydrogens is 304 g/mol. The van der Waals surface area contributed by atoms with E-state index in [9.17, 15) is 9.59 Å². The van der Waals surface area contributed by atoms with E-state index < -0.39 is 0 Å². The first-order chi connectivity index (χ1) is 11.6. The summed E-state index contributed by atoms with van der Waals surface area (Å²) in [5, 5.41) is 9.68. The molecule has 0 atom stereocenters. The Hall–Kier alpha value is -3.41. The second-order valence-electron chi connectivity index (χ2n) is 5.23. The average molecular weight is 320 g/mol. The van der Waals surface area contributed by atoms with E-state index in [-0.39, 0.29) is 11.8 Å². The quantitative estimate of drug-likeness (QED) is 0.775. The summed E-state index contributed by atoms with van der Waals surface area (Å²) in [6, 6.07) is 16.5. The number of para-hydroxylation sites is 1. The summed E-state index contributed by atoms with van der Waals surface area (Å²) < 4.78 is 1.64. The number of aromatic nitrogens is 2. The molecular formula is C18H16N4O2. The summed E-state index contributed by atoms with van der Waals surface area (Å²) in [5.74, 6) is -0.431. The lowest BCUT2D eigenvalue weighted by Crippen LogP contribution is -2.12. The van der Waals surface area contributed by atoms with Gasteiger partial charge in [-0.25, -0.2) is 4.68 Å². The minimum Gasteiger partial charge on any atom is -0.326 e. The molecule has 2 amide bonds. The van der Waals surface area contributed by atoms with Crippen molar-refractivity contribution in [2.24, 2.45) is 0 Å². The molecule has 2 N–H and O–H groups in total. The molecule has 0 aliphatic carbocycles. The van der Waals surface area contributed by atoms with Crippen molar-refractivity contribution in [3.05, 3.63) is 72.6 Å². The first-order valence-corrected chi connectivity index (χ1v) is 7.41. The Balaban J connectivity index is 1.74. The molecule has 0 spiro atoms. The van der Waals surface area contributed by atoms with Crippen molar-refractivity contribution in [1.29, 1.82) is 0 Å². The van der Waals surface area contributed by atoms with Crippen LogP contribution in [0.1, 0.15) is 17.3 Å². The first kappa shape index (κ1) is 15.5. The predicted molar refractivity (Wildman–Crippen MR) is 92.3 cm³/mol. The van der Waals surface area contributed by atoms with Crippen LogP contribution in [0.4, 0.5) is 11.4 Å². The molecule has 24 heavy (non-hydrogen) atoms. The van der Waals surface area contributed by atoms with Crippen molar-refractivity contribution in [3.8, 4) is 5.69 Å². The lowest BCUT2D eigenvalue weighted by atomic mass is 10.2. The average Bonchev–Trinajstić information content (AvgIpc) is 3.05. The zero-order chi connectivity index (χ0) is 16.9. The van der Waals surface area contributed by atoms with Gasteiger partial charge in [-0.1, -0.05) is 24.3 Å². The molecule has 0 aliphatic heterocycles. The van der Waals surface area contributed by atoms with Crippen LogP contribution in [0.25, 0.3) is 5.69 Å². The molecule has 3 aromatic rings. The van der Waals surface area contributed by atoms with Crippen LogP contribution >= 0.6 is 0 Å². The van der Waals surface area contributed by atoms with Crippen molar-refractivity contribution in [2.45, 2.75) is 6.92 Å². The number of nitrogens with one attached hydrogen (secondary N) is 2. The third-order valence-corrected chi connectivity index (χ3v) is 3.31. The van der Waals surface area contributed by atoms with E-state index in [1.54, 1.807) is 35.1 Å². The van der Waals surface area contributed by atoms with Crippen molar-refractivity contribution in [2.75, 3.05) is 10.6 Å². The van der Waals surface area contributed by atoms with Gasteiger partial charge in [0.2, 0.25) is 5.91 Å². The van der Waals surface area contributed by atoms with Gasteiger partial charge in [-0.05, 0) is 30.3 Å². The number of hydrogen-bond acceptors (Lipinski definition) is 3. The van der Waals surface area contributed by atoms with Gasteiger partial charge < -0.3 is 10.6 Å². The van der Waals surface area contributed by atoms with Crippen molar-refractivity contribution >= 4 is 23.2 Å². The fourth-order valence-electron chi connectivity index (χ4n) is 2.24. The largest absolute Gasteiger partial charge is 0.326 e. The number of carbonyl (C=O) groups is 2. The number of carbonyl (C=O) groups excluding carboxylic acids is 2. The Morgan fingerprint density at radius 3 is 2.38 bits per heavy atom. The summed E-state index contributed by atoms with van der Waals surface area (Å²) in [5.41, 5.74) is 2.55. The second kappa shape index (κ2) is 6.78. The molecule has 0 aliphatic rings. The first-order valence-electron chi connectivity index (χ1n) is 7.41. The van der Waals surface area contributed by atoms with Crippen LogP contribution in [0.2, 0.25) is 0 Å². The molecule has 6 nitrogen and oxygen atoms in total. The molecule has 2 aromatic carbocycles. The van der Waals surface area contributed by atoms with Crippen molar-refractivity contribution < 1.29 is 9.59 Å². The van der Waals surface area contributed by atoms with Crippen LogP contribution in [0.3, 0.4) is 0 Å². The van der Waals surface area contributed by atoms with E-state index in [2.05, 4.69) is 15.7 Å². The van der Waals surface area contributed by atoms with Gasteiger partial charge in [-0.2, -0.15) is 5.10 Å². The van der Waals surface area contributed by atoms with Gasteiger partial charge in [0, 0.05) is 24.5 Å². The van der Waals surface area contributed by atoms with Crippen LogP contribution in [-0.4, -0.2) is 21.6 Å². The molecule has 6 heteroatoms. The minimum absolute atomic E-state index is 0.164. The molecule has 120 valence electrons. The highest BCUT2D eigenvalue weighted by Gasteiger charge is 2.10. The van der Waals surface area contributed by atoms with Gasteiger partial charge >= 0.3 is 0 Å². The molecule has 3 rings (SSSR count). The van der Waals surface area contributed by atoms with E-state index in [1.165, 1.54) is 13.1 Å². The fraction of sp³-hybridized carbons (Fsp3) is 0.0556. The van der Waals surface area contributed by atoms with E-state index >= 15 is 0 Å². The Kier molecular flexibility index (Phi) is 4.38. The number of amides is 2. The highest BCUT2D eigenvalue weighted by molar-refractivity contribution is 6.04. The normalized spacial score (nSPS) is 10.2. The Morgan fingerprint density at radius 2 is 1.67 bits per heavy atom. The lowest BCUT2D eigenvalue weighted by Gasteiger charge is -2.06. The highest BCUT2D eigenvalue weighted by Crippen LogP contribution is 2.16. The number of benzene rings is 2. The van der Waals surface area contributed by atoms with Gasteiger partial charge in [0.1, 0.15) is 0 Å². The van der Waals surface area contributed by atoms with Crippen LogP contribution in [0.5, 0.6) is 0 Å². The standard InChI is InChI=1S/C18H16N4O2/c1-13(23)20-15-6-5-7-16(10-15)21-18(24)14-11-19-22(12-14)17-8-3-2-4-9-17/h2-12H,1H3,(H,20,23)(H,21,24). The van der Waals surface area contributed by atoms with Crippen LogP contribution in [0.15, 0.2) is 67.0 Å². The maximum Gasteiger partial charge on any atom is 0.258 e. The van der Waals surface area contributed by atoms with E-state index in [0.717, 1.165) is 5.69 Å². The summed E-state index contributed by atoms with van der Waals surface area (Å²) in [6.45, 7) is 1.43. The third kappa shape index (κ3) is 3.67. The molecule has 0 radical (unpaired) electrons. The smallest absolute Gasteiger partial charge is 0.258 e. The number of rotatable bonds is 4. The highest BCUT2D eigenvalue weighted by atomic mass is 16.2. The zero-order valence-electron chi connectivity index (χ0n) is 13.1. The maximum atomic E-state index is 12.3. The van der Waals surface area contributed by atoms with Crippen LogP contribution in [0, 0.1) is 0 Å². The number of hydrogen-bond donors (Lipinski definition) is 2. The monoisotopic (exact) mass is 320 g/mol. The van der Waals surface area contributed by atoms with Gasteiger partial charge in [0.05, 0.1) is 17.4 Å². The van der Waals surface area contributed by atoms with Crippen molar-refractivity contribution in [1.82, 2.24) is 9.78 Å². The second-order valence-corrected chi connectivity index (χ2v) is 5.23. The van der Waals surface area contributed by atoms with Crippen LogP contribution < -0.4 is 10.6 Å². The lowest BCUT2D eigenvalue weighted by molar-refractivity contribution is -0.114. The van der Waals surface area contributed by atoms with E-state index in [0.29, 0.717) is 16.9 Å². The number of nitrogens with zero attached hydrogens (tertiary/aromatic N) is 2. The third-order valence-electron chi connectivity index (χ3n) is 3.31. The maximum absolute atomic E-state index is 12.3. The van der Waals surface area contributed by atoms with Crippen molar-refractivity contribution in [3.63, 3.8) is 0 Å². The van der Waals surface area contributed by atoms with Crippen LogP contribution in [-0.2, 0) is 4.79 Å². The Bertz CT molecular complexity index is 871. The topological polar surface area (TPSA) is 76.0 Å². The fourth-order valence-corrected chi connectivity index (χ4v) is 2.24. The predicted octanol–water partition coefficient (Wildman–Crippen LogP) is 3.08. The zero-order valence-corrected chi connectivity index (χ0v) is 13.1. The summed E-state index contributed by atoms with van der Waals surface area (Å²) in [6.07, 6.45) is 3.18. The Labute approximate surface area is 139 Å². The van der Waals surface area contributed by atoms with Gasteiger partial charge in [-0.15, -0.1) is 0 Å². The Morgan fingerprint density at radius 1 is 0.958 bits per heavy atom. The SMILES string of the molecule is CC(=O)Nc1cccc(NC(=O)c2cnn(-c3ccccc3)c2)c1. The molecule has 1 aromatic heterocycles. The van der Waals surface area contributed by atoms with E-state index in [1.807, 2.05) is 30.3 Å². The van der Waals surface area contributed by atoms with Gasteiger partial charge in [0.25, 0.3) is 5.91 Å². The van der Waals surface area contributed by atoms with Gasteiger partial charge in [0.15, 0.2) is 0 Å². The molecule has 0 fully saturated rings. The molecule has 0 unspecified atom stereocenters. The van der Waals surface area contributed by atoms with Gasteiger partial charge in [-0.3, -0.25) is 9.59 Å².